The molecule has 0 bridgehead atoms. The molecule has 0 aliphatic heterocycles. The minimum atomic E-state index is -0.486. The molecule has 3 aromatic carbocycles. The molecule has 3 rings (SSSR count). The third-order valence-corrected chi connectivity index (χ3v) is 5.76. The van der Waals surface area contributed by atoms with E-state index in [2.05, 4.69) is 37.2 Å². The number of rotatable bonds is 6. The number of nitriles is 1. The Morgan fingerprint density at radius 1 is 1.13 bits per heavy atom. The molecule has 7 heteroatoms. The SMILES string of the molecule is Cc1cc(Cl)ccc1NC(=O)/C(C#N)=C/c1ccc(OCc2ccc(Br)cc2)c(Br)c1. The number of hydrogen-bond acceptors (Lipinski definition) is 3. The van der Waals surface area contributed by atoms with E-state index in [0.29, 0.717) is 28.6 Å². The Morgan fingerprint density at radius 3 is 2.52 bits per heavy atom. The zero-order chi connectivity index (χ0) is 22.4. The van der Waals surface area contributed by atoms with Crippen LogP contribution in [0.2, 0.25) is 5.02 Å². The van der Waals surface area contributed by atoms with Crippen LogP contribution in [0, 0.1) is 18.3 Å². The van der Waals surface area contributed by atoms with Gasteiger partial charge in [0.05, 0.1) is 4.47 Å². The van der Waals surface area contributed by atoms with Crippen molar-refractivity contribution in [3.05, 3.63) is 96.9 Å². The molecule has 156 valence electrons. The van der Waals surface area contributed by atoms with Crippen LogP contribution in [0.5, 0.6) is 5.75 Å². The van der Waals surface area contributed by atoms with Crippen LogP contribution in [-0.2, 0) is 11.4 Å². The summed E-state index contributed by atoms with van der Waals surface area (Å²) in [6, 6.07) is 20.4. The van der Waals surface area contributed by atoms with Crippen LogP contribution in [0.25, 0.3) is 6.08 Å². The van der Waals surface area contributed by atoms with Crippen LogP contribution >= 0.6 is 43.5 Å². The molecule has 0 radical (unpaired) electrons. The Morgan fingerprint density at radius 2 is 1.87 bits per heavy atom. The van der Waals surface area contributed by atoms with E-state index in [0.717, 1.165) is 20.1 Å². The number of carbonyl (C=O) groups excluding carboxylic acids is 1. The number of benzene rings is 3. The number of anilines is 1. The molecule has 0 spiro atoms. The lowest BCUT2D eigenvalue weighted by Crippen LogP contribution is -2.14. The summed E-state index contributed by atoms with van der Waals surface area (Å²) in [5.74, 6) is 0.180. The molecule has 0 saturated heterocycles. The van der Waals surface area contributed by atoms with E-state index in [4.69, 9.17) is 16.3 Å². The molecule has 0 aliphatic carbocycles. The summed E-state index contributed by atoms with van der Waals surface area (Å²) in [6.07, 6.45) is 1.53. The topological polar surface area (TPSA) is 62.1 Å². The average molecular weight is 561 g/mol. The van der Waals surface area contributed by atoms with Crippen molar-refractivity contribution in [3.8, 4) is 11.8 Å². The standard InChI is InChI=1S/C24H17Br2ClN2O2/c1-15-10-20(27)7-8-22(15)29-24(30)18(13-28)11-17-4-9-23(21(26)12-17)31-14-16-2-5-19(25)6-3-16/h2-12H,14H2,1H3,(H,29,30)/b18-11+. The lowest BCUT2D eigenvalue weighted by atomic mass is 10.1. The molecule has 0 aliphatic rings. The van der Waals surface area contributed by atoms with E-state index in [9.17, 15) is 10.1 Å². The highest BCUT2D eigenvalue weighted by Crippen LogP contribution is 2.28. The maximum absolute atomic E-state index is 12.5. The zero-order valence-electron chi connectivity index (χ0n) is 16.5. The van der Waals surface area contributed by atoms with Gasteiger partial charge in [0.25, 0.3) is 5.91 Å². The highest BCUT2D eigenvalue weighted by atomic mass is 79.9. The van der Waals surface area contributed by atoms with Crippen LogP contribution in [0.15, 0.2) is 75.2 Å². The van der Waals surface area contributed by atoms with E-state index in [1.54, 1.807) is 36.4 Å². The van der Waals surface area contributed by atoms with E-state index in [1.165, 1.54) is 6.08 Å². The second kappa shape index (κ2) is 10.6. The van der Waals surface area contributed by atoms with Gasteiger partial charge in [-0.15, -0.1) is 0 Å². The molecule has 0 saturated carbocycles. The van der Waals surface area contributed by atoms with Gasteiger partial charge in [0.2, 0.25) is 0 Å². The predicted octanol–water partition coefficient (Wildman–Crippen LogP) is 7.30. The highest BCUT2D eigenvalue weighted by molar-refractivity contribution is 9.10. The smallest absolute Gasteiger partial charge is 0.266 e. The number of nitrogens with one attached hydrogen (secondary N) is 1. The van der Waals surface area contributed by atoms with Crippen molar-refractivity contribution < 1.29 is 9.53 Å². The van der Waals surface area contributed by atoms with Gasteiger partial charge in [-0.2, -0.15) is 5.26 Å². The first-order valence-electron chi connectivity index (χ1n) is 9.22. The molecule has 0 aromatic heterocycles. The number of hydrogen-bond donors (Lipinski definition) is 1. The fourth-order valence-electron chi connectivity index (χ4n) is 2.74. The van der Waals surface area contributed by atoms with Crippen molar-refractivity contribution in [1.82, 2.24) is 0 Å². The van der Waals surface area contributed by atoms with Crippen LogP contribution in [-0.4, -0.2) is 5.91 Å². The first-order valence-corrected chi connectivity index (χ1v) is 11.2. The number of halogens is 3. The first-order chi connectivity index (χ1) is 14.9. The Bertz CT molecular complexity index is 1190. The van der Waals surface area contributed by atoms with Crippen molar-refractivity contribution in [2.45, 2.75) is 13.5 Å². The molecule has 1 N–H and O–H groups in total. The van der Waals surface area contributed by atoms with Crippen LogP contribution in [0.4, 0.5) is 5.69 Å². The van der Waals surface area contributed by atoms with Gasteiger partial charge in [-0.05, 0) is 88.1 Å². The lowest BCUT2D eigenvalue weighted by molar-refractivity contribution is -0.112. The molecule has 1 amide bonds. The Hall–Kier alpha value is -2.59. The number of carbonyl (C=O) groups is 1. The van der Waals surface area contributed by atoms with E-state index >= 15 is 0 Å². The summed E-state index contributed by atoms with van der Waals surface area (Å²) in [7, 11) is 0. The monoisotopic (exact) mass is 558 g/mol. The maximum atomic E-state index is 12.5. The normalized spacial score (nSPS) is 11.0. The van der Waals surface area contributed by atoms with Crippen molar-refractivity contribution in [3.63, 3.8) is 0 Å². The molecule has 4 nitrogen and oxygen atoms in total. The summed E-state index contributed by atoms with van der Waals surface area (Å²) in [6.45, 7) is 2.26. The minimum Gasteiger partial charge on any atom is -0.488 e. The summed E-state index contributed by atoms with van der Waals surface area (Å²) in [5, 5.41) is 12.8. The largest absolute Gasteiger partial charge is 0.488 e. The molecule has 0 heterocycles. The lowest BCUT2D eigenvalue weighted by Gasteiger charge is -2.10. The molecule has 0 fully saturated rings. The Balaban J connectivity index is 1.71. The summed E-state index contributed by atoms with van der Waals surface area (Å²) >= 11 is 12.9. The number of aryl methyl sites for hydroxylation is 1. The van der Waals surface area contributed by atoms with E-state index < -0.39 is 5.91 Å². The second-order valence-corrected chi connectivity index (χ2v) is 8.89. The van der Waals surface area contributed by atoms with Crippen LogP contribution in [0.1, 0.15) is 16.7 Å². The third kappa shape index (κ3) is 6.44. The van der Waals surface area contributed by atoms with E-state index in [1.807, 2.05) is 37.3 Å². The van der Waals surface area contributed by atoms with Gasteiger partial charge in [-0.3, -0.25) is 4.79 Å². The molecular formula is C24H17Br2ClN2O2. The summed E-state index contributed by atoms with van der Waals surface area (Å²) in [4.78, 5) is 12.5. The van der Waals surface area contributed by atoms with Crippen molar-refractivity contribution in [1.29, 1.82) is 5.26 Å². The minimum absolute atomic E-state index is 0.00946. The number of ether oxygens (including phenoxy) is 1. The highest BCUT2D eigenvalue weighted by Gasteiger charge is 2.12. The Kier molecular flexibility index (Phi) is 7.91. The molecule has 31 heavy (non-hydrogen) atoms. The van der Waals surface area contributed by atoms with Gasteiger partial charge < -0.3 is 10.1 Å². The molecule has 0 atom stereocenters. The fourth-order valence-corrected chi connectivity index (χ4v) is 3.74. The van der Waals surface area contributed by atoms with Crippen molar-refractivity contribution in [2.75, 3.05) is 5.32 Å². The summed E-state index contributed by atoms with van der Waals surface area (Å²) in [5.41, 5.74) is 3.15. The Labute approximate surface area is 202 Å². The van der Waals surface area contributed by atoms with E-state index in [-0.39, 0.29) is 5.57 Å². The number of amides is 1. The third-order valence-electron chi connectivity index (χ3n) is 4.38. The zero-order valence-corrected chi connectivity index (χ0v) is 20.4. The molecule has 0 unspecified atom stereocenters. The van der Waals surface area contributed by atoms with Gasteiger partial charge in [0.15, 0.2) is 0 Å². The van der Waals surface area contributed by atoms with Gasteiger partial charge in [0, 0.05) is 15.2 Å². The quantitative estimate of drug-likeness (QED) is 0.254. The van der Waals surface area contributed by atoms with Gasteiger partial charge in [-0.25, -0.2) is 0 Å². The van der Waals surface area contributed by atoms with Gasteiger partial charge >= 0.3 is 0 Å². The van der Waals surface area contributed by atoms with Crippen LogP contribution in [0.3, 0.4) is 0 Å². The number of nitrogens with zero attached hydrogens (tertiary/aromatic N) is 1. The van der Waals surface area contributed by atoms with Crippen LogP contribution < -0.4 is 10.1 Å². The van der Waals surface area contributed by atoms with Gasteiger partial charge in [-0.1, -0.05) is 45.7 Å². The maximum Gasteiger partial charge on any atom is 0.266 e. The van der Waals surface area contributed by atoms with Crippen molar-refractivity contribution in [2.24, 2.45) is 0 Å². The molecule has 3 aromatic rings. The molecular weight excluding hydrogens is 544 g/mol. The summed E-state index contributed by atoms with van der Waals surface area (Å²) < 4.78 is 7.60. The van der Waals surface area contributed by atoms with Gasteiger partial charge in [0.1, 0.15) is 24.0 Å². The second-order valence-electron chi connectivity index (χ2n) is 6.69. The predicted molar refractivity (Wildman–Crippen MR) is 131 cm³/mol. The average Bonchev–Trinajstić information content (AvgIpc) is 2.74. The first kappa shape index (κ1) is 23.1. The fraction of sp³-hybridized carbons (Fsp3) is 0.0833. The van der Waals surface area contributed by atoms with Crippen molar-refractivity contribution >= 4 is 61.1 Å².